The molecular formula is C15H36O4Si2. The normalized spacial score (nSPS) is 14.4. The molecule has 0 rings (SSSR count). The summed E-state index contributed by atoms with van der Waals surface area (Å²) >= 11 is 0. The van der Waals surface area contributed by atoms with Crippen LogP contribution in [-0.2, 0) is 17.7 Å². The summed E-state index contributed by atoms with van der Waals surface area (Å²) in [7, 11) is -4.32. The first-order valence-corrected chi connectivity index (χ1v) is 12.9. The Labute approximate surface area is 134 Å². The van der Waals surface area contributed by atoms with Crippen LogP contribution in [0.1, 0.15) is 48.5 Å². The van der Waals surface area contributed by atoms with Gasteiger partial charge in [-0.05, 0) is 45.8 Å². The Morgan fingerprint density at radius 1 is 0.667 bits per heavy atom. The fourth-order valence-electron chi connectivity index (χ4n) is 3.02. The lowest BCUT2D eigenvalue weighted by Gasteiger charge is -2.39. The molecule has 21 heavy (non-hydrogen) atoms. The van der Waals surface area contributed by atoms with Crippen LogP contribution in [0.25, 0.3) is 0 Å². The molecule has 0 radical (unpaired) electrons. The molecule has 1 unspecified atom stereocenters. The monoisotopic (exact) mass is 336 g/mol. The molecule has 0 aliphatic heterocycles. The minimum atomic E-state index is -2.18. The van der Waals surface area contributed by atoms with Crippen LogP contribution in [0.2, 0.25) is 23.7 Å². The predicted molar refractivity (Wildman–Crippen MR) is 93.2 cm³/mol. The first-order chi connectivity index (χ1) is 9.99. The number of hydrogen-bond donors (Lipinski definition) is 0. The lowest BCUT2D eigenvalue weighted by atomic mass is 10.5. The van der Waals surface area contributed by atoms with E-state index in [0.29, 0.717) is 18.8 Å². The second-order valence-electron chi connectivity index (χ2n) is 5.27. The molecule has 0 aromatic rings. The summed E-state index contributed by atoms with van der Waals surface area (Å²) in [5.41, 5.74) is 0.382. The minimum Gasteiger partial charge on any atom is -0.394 e. The molecule has 0 aliphatic rings. The molecule has 0 N–H and O–H groups in total. The van der Waals surface area contributed by atoms with E-state index in [-0.39, 0.29) is 0 Å². The Hall–Kier alpha value is 0.274. The van der Waals surface area contributed by atoms with Crippen LogP contribution in [-0.4, -0.2) is 43.5 Å². The molecule has 1 atom stereocenters. The summed E-state index contributed by atoms with van der Waals surface area (Å²) in [6, 6.07) is 2.92. The predicted octanol–water partition coefficient (Wildman–Crippen LogP) is 4.45. The van der Waals surface area contributed by atoms with Crippen molar-refractivity contribution in [3.05, 3.63) is 0 Å². The largest absolute Gasteiger partial charge is 0.394 e. The van der Waals surface area contributed by atoms with Crippen molar-refractivity contribution in [2.24, 2.45) is 0 Å². The molecule has 0 aromatic heterocycles. The number of rotatable bonds is 13. The van der Waals surface area contributed by atoms with Gasteiger partial charge in [0.05, 0.1) is 0 Å². The van der Waals surface area contributed by atoms with E-state index < -0.39 is 17.1 Å². The summed E-state index contributed by atoms with van der Waals surface area (Å²) in [5, 5.41) is 0. The topological polar surface area (TPSA) is 36.9 Å². The van der Waals surface area contributed by atoms with Crippen molar-refractivity contribution in [1.29, 1.82) is 0 Å². The van der Waals surface area contributed by atoms with Crippen molar-refractivity contribution in [2.75, 3.05) is 26.4 Å². The highest BCUT2D eigenvalue weighted by atomic mass is 28.4. The lowest BCUT2D eigenvalue weighted by Crippen LogP contribution is -2.51. The molecular weight excluding hydrogens is 300 g/mol. The van der Waals surface area contributed by atoms with E-state index in [9.17, 15) is 0 Å². The van der Waals surface area contributed by atoms with Gasteiger partial charge in [0.25, 0.3) is 0 Å². The molecule has 0 heterocycles. The van der Waals surface area contributed by atoms with Crippen molar-refractivity contribution < 1.29 is 17.7 Å². The third-order valence-electron chi connectivity index (χ3n) is 3.99. The summed E-state index contributed by atoms with van der Waals surface area (Å²) < 4.78 is 24.5. The first-order valence-electron chi connectivity index (χ1n) is 8.55. The van der Waals surface area contributed by atoms with Gasteiger partial charge in [0, 0.05) is 32.0 Å². The Morgan fingerprint density at radius 3 is 1.38 bits per heavy atom. The summed E-state index contributed by atoms with van der Waals surface area (Å²) in [4.78, 5) is 0. The van der Waals surface area contributed by atoms with Crippen LogP contribution in [0.5, 0.6) is 0 Å². The Bertz CT molecular complexity index is 252. The van der Waals surface area contributed by atoms with Crippen molar-refractivity contribution in [1.82, 2.24) is 0 Å². The van der Waals surface area contributed by atoms with Gasteiger partial charge in [-0.15, -0.1) is 0 Å². The van der Waals surface area contributed by atoms with Gasteiger partial charge < -0.3 is 17.7 Å². The summed E-state index contributed by atoms with van der Waals surface area (Å²) in [6.07, 6.45) is 0. The fourth-order valence-corrected chi connectivity index (χ4v) is 10.9. The molecule has 0 fully saturated rings. The molecule has 0 bridgehead atoms. The molecule has 0 saturated carbocycles. The van der Waals surface area contributed by atoms with Crippen LogP contribution in [0.4, 0.5) is 0 Å². The van der Waals surface area contributed by atoms with E-state index in [1.807, 2.05) is 0 Å². The number of hydrogen-bond acceptors (Lipinski definition) is 4. The van der Waals surface area contributed by atoms with Gasteiger partial charge in [0.1, 0.15) is 0 Å². The Balaban J connectivity index is 5.16. The molecule has 128 valence electrons. The molecule has 0 aromatic carbocycles. The van der Waals surface area contributed by atoms with E-state index in [0.717, 1.165) is 31.3 Å². The maximum absolute atomic E-state index is 6.16. The zero-order chi connectivity index (χ0) is 16.4. The summed E-state index contributed by atoms with van der Waals surface area (Å²) in [6.45, 7) is 17.7. The van der Waals surface area contributed by atoms with Gasteiger partial charge >= 0.3 is 17.1 Å². The van der Waals surface area contributed by atoms with Crippen LogP contribution in [0.15, 0.2) is 0 Å². The molecule has 0 amide bonds. The molecule has 0 spiro atoms. The quantitative estimate of drug-likeness (QED) is 0.466. The van der Waals surface area contributed by atoms with Gasteiger partial charge in [0.2, 0.25) is 0 Å². The SMILES string of the molecule is CCO[Si](CC)(CC(C)[Si](CC)(OCC)OCC)OCC. The van der Waals surface area contributed by atoms with Crippen molar-refractivity contribution >= 4 is 17.1 Å². The van der Waals surface area contributed by atoms with Gasteiger partial charge in [0.15, 0.2) is 0 Å². The third kappa shape index (κ3) is 6.11. The van der Waals surface area contributed by atoms with E-state index in [1.54, 1.807) is 0 Å². The first kappa shape index (κ1) is 21.3. The van der Waals surface area contributed by atoms with Gasteiger partial charge in [-0.25, -0.2) is 0 Å². The van der Waals surface area contributed by atoms with Gasteiger partial charge in [-0.3, -0.25) is 0 Å². The van der Waals surface area contributed by atoms with Gasteiger partial charge in [-0.2, -0.15) is 0 Å². The van der Waals surface area contributed by atoms with E-state index in [2.05, 4.69) is 48.5 Å². The minimum absolute atomic E-state index is 0.382. The standard InChI is InChI=1S/C15H36O4Si2/c1-8-16-20(12-5,17-9-2)14-15(7)21(13-6,18-10-3)19-11-4/h15H,8-14H2,1-7H3. The zero-order valence-electron chi connectivity index (χ0n) is 15.2. The molecule has 0 saturated heterocycles. The van der Waals surface area contributed by atoms with Crippen LogP contribution in [0, 0.1) is 0 Å². The molecule has 6 heteroatoms. The van der Waals surface area contributed by atoms with Crippen LogP contribution in [0.3, 0.4) is 0 Å². The fraction of sp³-hybridized carbons (Fsp3) is 1.00. The van der Waals surface area contributed by atoms with Crippen molar-refractivity contribution in [3.63, 3.8) is 0 Å². The van der Waals surface area contributed by atoms with E-state index >= 15 is 0 Å². The Kier molecular flexibility index (Phi) is 11.1. The summed E-state index contributed by atoms with van der Waals surface area (Å²) in [5.74, 6) is 0. The van der Waals surface area contributed by atoms with Crippen LogP contribution >= 0.6 is 0 Å². The second kappa shape index (κ2) is 10.9. The average molecular weight is 337 g/mol. The van der Waals surface area contributed by atoms with Crippen molar-refractivity contribution in [2.45, 2.75) is 72.1 Å². The lowest BCUT2D eigenvalue weighted by molar-refractivity contribution is 0.163. The zero-order valence-corrected chi connectivity index (χ0v) is 17.2. The highest BCUT2D eigenvalue weighted by molar-refractivity contribution is 6.74. The third-order valence-corrected chi connectivity index (χ3v) is 12.6. The second-order valence-corrected chi connectivity index (χ2v) is 12.7. The average Bonchev–Trinajstić information content (AvgIpc) is 2.47. The molecule has 4 nitrogen and oxygen atoms in total. The van der Waals surface area contributed by atoms with Gasteiger partial charge in [-0.1, -0.05) is 20.8 Å². The Morgan fingerprint density at radius 2 is 1.10 bits per heavy atom. The van der Waals surface area contributed by atoms with Crippen molar-refractivity contribution in [3.8, 4) is 0 Å². The highest BCUT2D eigenvalue weighted by Crippen LogP contribution is 2.37. The maximum Gasteiger partial charge on any atom is 0.340 e. The maximum atomic E-state index is 6.16. The van der Waals surface area contributed by atoms with E-state index in [1.165, 1.54) is 0 Å². The van der Waals surface area contributed by atoms with E-state index in [4.69, 9.17) is 17.7 Å². The highest BCUT2D eigenvalue weighted by Gasteiger charge is 2.48. The molecule has 0 aliphatic carbocycles. The van der Waals surface area contributed by atoms with Crippen LogP contribution < -0.4 is 0 Å². The smallest absolute Gasteiger partial charge is 0.340 e.